The molecule has 1 aliphatic carbocycles. The number of nitrogens with one attached hydrogen (secondary N) is 1. The zero-order chi connectivity index (χ0) is 22.5. The molecule has 8 heteroatoms. The number of hydrogen-bond acceptors (Lipinski definition) is 6. The van der Waals surface area contributed by atoms with E-state index in [2.05, 4.69) is 28.3 Å². The summed E-state index contributed by atoms with van der Waals surface area (Å²) < 4.78 is 0. The molecule has 0 unspecified atom stereocenters. The predicted octanol–water partition coefficient (Wildman–Crippen LogP) is 6.27. The van der Waals surface area contributed by atoms with Gasteiger partial charge < -0.3 is 5.32 Å². The third kappa shape index (κ3) is 5.39. The van der Waals surface area contributed by atoms with Gasteiger partial charge in [0.05, 0.1) is 17.0 Å². The van der Waals surface area contributed by atoms with E-state index in [4.69, 9.17) is 11.6 Å². The normalized spacial score (nSPS) is 15.3. The number of halogens is 1. The maximum Gasteiger partial charge on any atom is 0.235 e. The number of carbonyl (C=O) groups excluding carboxylic acids is 1. The SMILES string of the molecule is C[C@@H]1CCc2c(sc(NC(=O)CSc3cccc(N=Cc4cccnc4Cl)c3)c2C#N)C1. The third-order valence-electron chi connectivity index (χ3n) is 5.20. The summed E-state index contributed by atoms with van der Waals surface area (Å²) in [5, 5.41) is 13.6. The van der Waals surface area contributed by atoms with Crippen LogP contribution in [-0.4, -0.2) is 22.9 Å². The second kappa shape index (κ2) is 10.3. The minimum absolute atomic E-state index is 0.116. The van der Waals surface area contributed by atoms with Crippen molar-refractivity contribution in [3.63, 3.8) is 0 Å². The van der Waals surface area contributed by atoms with Crippen molar-refractivity contribution in [1.82, 2.24) is 4.98 Å². The number of aromatic nitrogens is 1. The summed E-state index contributed by atoms with van der Waals surface area (Å²) in [5.41, 5.74) is 3.27. The van der Waals surface area contributed by atoms with Gasteiger partial charge >= 0.3 is 0 Å². The highest BCUT2D eigenvalue weighted by Gasteiger charge is 2.24. The molecule has 4 rings (SSSR count). The molecule has 1 aliphatic rings. The van der Waals surface area contributed by atoms with Crippen molar-refractivity contribution in [2.75, 3.05) is 11.1 Å². The Morgan fingerprint density at radius 2 is 2.31 bits per heavy atom. The Morgan fingerprint density at radius 3 is 3.12 bits per heavy atom. The predicted molar refractivity (Wildman–Crippen MR) is 133 cm³/mol. The number of thioether (sulfide) groups is 1. The van der Waals surface area contributed by atoms with Gasteiger partial charge in [0, 0.05) is 27.7 Å². The molecule has 0 spiro atoms. The highest BCUT2D eigenvalue weighted by Crippen LogP contribution is 2.39. The van der Waals surface area contributed by atoms with Crippen molar-refractivity contribution in [3.05, 3.63) is 69.3 Å². The van der Waals surface area contributed by atoms with E-state index in [0.717, 1.165) is 41.0 Å². The number of fused-ring (bicyclic) bond motifs is 1. The lowest BCUT2D eigenvalue weighted by Crippen LogP contribution is -2.14. The van der Waals surface area contributed by atoms with E-state index in [9.17, 15) is 10.1 Å². The number of nitriles is 1. The second-order valence-corrected chi connectivity index (χ2v) is 10.2. The number of thiophene rings is 1. The molecule has 2 heterocycles. The van der Waals surface area contributed by atoms with Gasteiger partial charge in [0.2, 0.25) is 5.91 Å². The van der Waals surface area contributed by atoms with Crippen LogP contribution in [0, 0.1) is 17.2 Å². The van der Waals surface area contributed by atoms with Gasteiger partial charge in [0.25, 0.3) is 0 Å². The summed E-state index contributed by atoms with van der Waals surface area (Å²) in [6.45, 7) is 2.23. The first-order valence-electron chi connectivity index (χ1n) is 10.3. The summed E-state index contributed by atoms with van der Waals surface area (Å²) in [6.07, 6.45) is 6.30. The fourth-order valence-electron chi connectivity index (χ4n) is 3.56. The van der Waals surface area contributed by atoms with E-state index in [-0.39, 0.29) is 11.7 Å². The molecule has 0 saturated heterocycles. The fourth-order valence-corrected chi connectivity index (χ4v) is 5.86. The average Bonchev–Trinajstić information content (AvgIpc) is 3.13. The molecular weight excluding hydrogens is 460 g/mol. The van der Waals surface area contributed by atoms with Crippen LogP contribution in [0.25, 0.3) is 0 Å². The van der Waals surface area contributed by atoms with Gasteiger partial charge in [0.1, 0.15) is 16.2 Å². The highest BCUT2D eigenvalue weighted by atomic mass is 35.5. The van der Waals surface area contributed by atoms with Crippen LogP contribution in [0.1, 0.15) is 34.9 Å². The first-order valence-corrected chi connectivity index (χ1v) is 12.4. The first kappa shape index (κ1) is 22.5. The van der Waals surface area contributed by atoms with Gasteiger partial charge in [-0.15, -0.1) is 23.1 Å². The summed E-state index contributed by atoms with van der Waals surface area (Å²) in [5.74, 6) is 0.760. The summed E-state index contributed by atoms with van der Waals surface area (Å²) in [4.78, 5) is 23.3. The molecule has 0 aliphatic heterocycles. The molecule has 0 radical (unpaired) electrons. The van der Waals surface area contributed by atoms with Crippen molar-refractivity contribution >= 4 is 57.5 Å². The van der Waals surface area contributed by atoms with Crippen LogP contribution in [0.15, 0.2) is 52.5 Å². The van der Waals surface area contributed by atoms with Crippen LogP contribution in [0.3, 0.4) is 0 Å². The topological polar surface area (TPSA) is 78.1 Å². The zero-order valence-corrected chi connectivity index (χ0v) is 19.9. The number of hydrogen-bond donors (Lipinski definition) is 1. The maximum atomic E-state index is 12.6. The average molecular weight is 481 g/mol. The van der Waals surface area contributed by atoms with E-state index in [1.807, 2.05) is 30.3 Å². The molecule has 0 bridgehead atoms. The van der Waals surface area contributed by atoms with Crippen LogP contribution in [0.2, 0.25) is 5.15 Å². The zero-order valence-electron chi connectivity index (χ0n) is 17.5. The Kier molecular flexibility index (Phi) is 7.26. The van der Waals surface area contributed by atoms with Gasteiger partial charge in [-0.3, -0.25) is 9.79 Å². The number of amides is 1. The Bertz CT molecular complexity index is 1210. The number of benzene rings is 1. The Hall–Kier alpha value is -2.66. The number of pyridine rings is 1. The largest absolute Gasteiger partial charge is 0.316 e. The van der Waals surface area contributed by atoms with E-state index >= 15 is 0 Å². The minimum atomic E-state index is -0.116. The number of anilines is 1. The molecule has 1 atom stereocenters. The van der Waals surface area contributed by atoms with Crippen LogP contribution in [-0.2, 0) is 17.6 Å². The molecule has 3 aromatic rings. The summed E-state index contributed by atoms with van der Waals surface area (Å²) in [7, 11) is 0. The third-order valence-corrected chi connectivity index (χ3v) is 7.68. The minimum Gasteiger partial charge on any atom is -0.316 e. The van der Waals surface area contributed by atoms with Crippen LogP contribution in [0.4, 0.5) is 10.7 Å². The smallest absolute Gasteiger partial charge is 0.235 e. The number of carbonyl (C=O) groups is 1. The molecule has 2 aromatic heterocycles. The molecular formula is C24H21ClN4OS2. The number of rotatable bonds is 6. The maximum absolute atomic E-state index is 12.6. The highest BCUT2D eigenvalue weighted by molar-refractivity contribution is 8.00. The lowest BCUT2D eigenvalue weighted by atomic mass is 9.89. The van der Waals surface area contributed by atoms with Crippen LogP contribution < -0.4 is 5.32 Å². The van der Waals surface area contributed by atoms with Gasteiger partial charge in [-0.25, -0.2) is 4.98 Å². The van der Waals surface area contributed by atoms with Gasteiger partial charge in [-0.2, -0.15) is 5.26 Å². The molecule has 1 amide bonds. The van der Waals surface area contributed by atoms with Gasteiger partial charge in [0.15, 0.2) is 0 Å². The molecule has 0 saturated carbocycles. The monoisotopic (exact) mass is 480 g/mol. The standard InChI is InChI=1S/C24H21ClN4OS2/c1-15-7-8-19-20(12-26)24(32-21(19)10-15)29-22(30)14-31-18-6-2-5-17(11-18)28-13-16-4-3-9-27-23(16)25/h2-6,9,11,13,15H,7-8,10,14H2,1H3,(H,29,30)/t15-/m1/s1. The van der Waals surface area contributed by atoms with E-state index < -0.39 is 0 Å². The quantitative estimate of drug-likeness (QED) is 0.256. The van der Waals surface area contributed by atoms with Gasteiger partial charge in [-0.05, 0) is 61.1 Å². The van der Waals surface area contributed by atoms with E-state index in [1.54, 1.807) is 29.8 Å². The summed E-state index contributed by atoms with van der Waals surface area (Å²) in [6, 6.07) is 13.6. The van der Waals surface area contributed by atoms with Gasteiger partial charge in [-0.1, -0.05) is 24.6 Å². The molecule has 162 valence electrons. The molecule has 1 N–H and O–H groups in total. The Labute approximate surface area is 200 Å². The lowest BCUT2D eigenvalue weighted by molar-refractivity contribution is -0.113. The molecule has 0 fully saturated rings. The molecule has 5 nitrogen and oxygen atoms in total. The van der Waals surface area contributed by atoms with E-state index in [1.165, 1.54) is 16.6 Å². The first-order chi connectivity index (χ1) is 15.5. The Morgan fingerprint density at radius 1 is 1.44 bits per heavy atom. The van der Waals surface area contributed by atoms with Crippen molar-refractivity contribution in [3.8, 4) is 6.07 Å². The lowest BCUT2D eigenvalue weighted by Gasteiger charge is -2.17. The Balaban J connectivity index is 1.38. The van der Waals surface area contributed by atoms with Crippen molar-refractivity contribution in [2.45, 2.75) is 31.1 Å². The second-order valence-electron chi connectivity index (χ2n) is 7.64. The van der Waals surface area contributed by atoms with E-state index in [0.29, 0.717) is 21.6 Å². The van der Waals surface area contributed by atoms with Crippen molar-refractivity contribution in [1.29, 1.82) is 5.26 Å². The fraction of sp³-hybridized carbons (Fsp3) is 0.250. The van der Waals surface area contributed by atoms with Crippen LogP contribution in [0.5, 0.6) is 0 Å². The summed E-state index contributed by atoms with van der Waals surface area (Å²) >= 11 is 9.05. The molecule has 1 aromatic carbocycles. The number of nitrogens with zero attached hydrogens (tertiary/aromatic N) is 3. The number of aliphatic imine (C=N–C) groups is 1. The molecule has 32 heavy (non-hydrogen) atoms. The van der Waals surface area contributed by atoms with Crippen LogP contribution >= 0.6 is 34.7 Å². The van der Waals surface area contributed by atoms with Crippen molar-refractivity contribution in [2.24, 2.45) is 10.9 Å². The van der Waals surface area contributed by atoms with Crippen molar-refractivity contribution < 1.29 is 4.79 Å².